The summed E-state index contributed by atoms with van der Waals surface area (Å²) in [5, 5.41) is 6.04. The number of guanidine groups is 1. The van der Waals surface area contributed by atoms with E-state index in [4.69, 9.17) is 4.74 Å². The maximum Gasteiger partial charge on any atom is 0.213 e. The van der Waals surface area contributed by atoms with Gasteiger partial charge in [-0.25, -0.2) is 4.98 Å². The van der Waals surface area contributed by atoms with Gasteiger partial charge in [-0.2, -0.15) is 0 Å². The van der Waals surface area contributed by atoms with Gasteiger partial charge in [0.25, 0.3) is 0 Å². The summed E-state index contributed by atoms with van der Waals surface area (Å²) in [5.41, 5.74) is 0.908. The van der Waals surface area contributed by atoms with Crippen molar-refractivity contribution in [1.82, 2.24) is 15.6 Å². The molecule has 5 heteroatoms. The molecule has 0 radical (unpaired) electrons. The summed E-state index contributed by atoms with van der Waals surface area (Å²) in [4.78, 5) is 8.26. The number of hydrogen-bond acceptors (Lipinski definition) is 3. The van der Waals surface area contributed by atoms with Gasteiger partial charge in [-0.3, -0.25) is 4.99 Å². The molecular weight excluding hydrogens is 192 g/mol. The van der Waals surface area contributed by atoms with Crippen LogP contribution in [0.25, 0.3) is 0 Å². The van der Waals surface area contributed by atoms with Crippen molar-refractivity contribution in [3.8, 4) is 5.88 Å². The molecule has 0 atom stereocenters. The van der Waals surface area contributed by atoms with E-state index in [-0.39, 0.29) is 0 Å². The Morgan fingerprint density at radius 1 is 1.53 bits per heavy atom. The second kappa shape index (κ2) is 5.85. The topological polar surface area (TPSA) is 58.5 Å². The Morgan fingerprint density at radius 2 is 2.33 bits per heavy atom. The maximum atomic E-state index is 5.03. The van der Waals surface area contributed by atoms with Crippen LogP contribution in [-0.4, -0.2) is 32.1 Å². The van der Waals surface area contributed by atoms with Gasteiger partial charge in [0.05, 0.1) is 19.3 Å². The highest BCUT2D eigenvalue weighted by Crippen LogP contribution is 2.05. The van der Waals surface area contributed by atoms with Crippen molar-refractivity contribution in [2.45, 2.75) is 6.54 Å². The monoisotopic (exact) mass is 208 g/mol. The van der Waals surface area contributed by atoms with Crippen molar-refractivity contribution >= 4 is 5.96 Å². The zero-order chi connectivity index (χ0) is 11.1. The van der Waals surface area contributed by atoms with Gasteiger partial charge in [0.2, 0.25) is 5.88 Å². The second-order valence-corrected chi connectivity index (χ2v) is 2.85. The molecule has 1 aromatic rings. The zero-order valence-corrected chi connectivity index (χ0v) is 9.24. The SMILES string of the molecule is CN=C(NC)NCc1cccc(OC)n1. The molecule has 0 saturated heterocycles. The van der Waals surface area contributed by atoms with E-state index in [1.807, 2.05) is 25.2 Å². The first-order chi connectivity index (χ1) is 7.30. The van der Waals surface area contributed by atoms with E-state index in [2.05, 4.69) is 20.6 Å². The standard InChI is InChI=1S/C10H16N4O/c1-11-10(12-2)13-7-8-5-4-6-9(14-8)15-3/h4-6H,7H2,1-3H3,(H2,11,12,13). The van der Waals surface area contributed by atoms with Crippen molar-refractivity contribution in [2.24, 2.45) is 4.99 Å². The van der Waals surface area contributed by atoms with Crippen molar-refractivity contribution in [3.05, 3.63) is 23.9 Å². The number of hydrogen-bond donors (Lipinski definition) is 2. The number of nitrogens with one attached hydrogen (secondary N) is 2. The van der Waals surface area contributed by atoms with Crippen LogP contribution in [0.3, 0.4) is 0 Å². The lowest BCUT2D eigenvalue weighted by atomic mass is 10.3. The van der Waals surface area contributed by atoms with Crippen LogP contribution in [-0.2, 0) is 6.54 Å². The van der Waals surface area contributed by atoms with Gasteiger partial charge in [-0.15, -0.1) is 0 Å². The van der Waals surface area contributed by atoms with Crippen LogP contribution >= 0.6 is 0 Å². The van der Waals surface area contributed by atoms with Crippen LogP contribution in [0, 0.1) is 0 Å². The summed E-state index contributed by atoms with van der Waals surface area (Å²) in [7, 11) is 5.14. The van der Waals surface area contributed by atoms with Crippen molar-refractivity contribution in [3.63, 3.8) is 0 Å². The quantitative estimate of drug-likeness (QED) is 0.557. The van der Waals surface area contributed by atoms with E-state index in [1.54, 1.807) is 14.2 Å². The minimum atomic E-state index is 0.616. The number of ether oxygens (including phenoxy) is 1. The van der Waals surface area contributed by atoms with Crippen LogP contribution in [0.15, 0.2) is 23.2 Å². The lowest BCUT2D eigenvalue weighted by Gasteiger charge is -2.08. The van der Waals surface area contributed by atoms with E-state index < -0.39 is 0 Å². The van der Waals surface area contributed by atoms with Crippen LogP contribution < -0.4 is 15.4 Å². The highest BCUT2D eigenvalue weighted by Gasteiger charge is 1.98. The van der Waals surface area contributed by atoms with Crippen LogP contribution in [0.4, 0.5) is 0 Å². The molecule has 2 N–H and O–H groups in total. The molecular formula is C10H16N4O. The molecule has 82 valence electrons. The maximum absolute atomic E-state index is 5.03. The fourth-order valence-electron chi connectivity index (χ4n) is 1.12. The Balaban J connectivity index is 2.57. The Labute approximate surface area is 89.6 Å². The Bertz CT molecular complexity index is 338. The molecule has 0 aromatic carbocycles. The second-order valence-electron chi connectivity index (χ2n) is 2.85. The third-order valence-electron chi connectivity index (χ3n) is 1.89. The molecule has 0 amide bonds. The molecule has 0 aliphatic rings. The molecule has 0 aliphatic heterocycles. The highest BCUT2D eigenvalue weighted by atomic mass is 16.5. The fourth-order valence-corrected chi connectivity index (χ4v) is 1.12. The molecule has 0 saturated carbocycles. The predicted molar refractivity (Wildman–Crippen MR) is 60.0 cm³/mol. The summed E-state index contributed by atoms with van der Waals surface area (Å²) in [6.07, 6.45) is 0. The average Bonchev–Trinajstić information content (AvgIpc) is 2.31. The minimum Gasteiger partial charge on any atom is -0.481 e. The smallest absolute Gasteiger partial charge is 0.213 e. The van der Waals surface area contributed by atoms with E-state index in [0.717, 1.165) is 11.7 Å². The molecule has 1 aromatic heterocycles. The summed E-state index contributed by atoms with van der Waals surface area (Å²) in [5.74, 6) is 1.35. The van der Waals surface area contributed by atoms with Crippen LogP contribution in [0.5, 0.6) is 5.88 Å². The molecule has 1 heterocycles. The predicted octanol–water partition coefficient (Wildman–Crippen LogP) is 0.385. The molecule has 15 heavy (non-hydrogen) atoms. The number of methoxy groups -OCH3 is 1. The zero-order valence-electron chi connectivity index (χ0n) is 9.24. The van der Waals surface area contributed by atoms with E-state index >= 15 is 0 Å². The normalized spacial score (nSPS) is 11.0. The van der Waals surface area contributed by atoms with E-state index in [9.17, 15) is 0 Å². The van der Waals surface area contributed by atoms with Gasteiger partial charge < -0.3 is 15.4 Å². The van der Waals surface area contributed by atoms with Crippen molar-refractivity contribution in [1.29, 1.82) is 0 Å². The fraction of sp³-hybridized carbons (Fsp3) is 0.400. The van der Waals surface area contributed by atoms with E-state index in [0.29, 0.717) is 12.4 Å². The third-order valence-corrected chi connectivity index (χ3v) is 1.89. The number of aromatic nitrogens is 1. The van der Waals surface area contributed by atoms with Crippen molar-refractivity contribution in [2.75, 3.05) is 21.2 Å². The average molecular weight is 208 g/mol. The lowest BCUT2D eigenvalue weighted by Crippen LogP contribution is -2.34. The van der Waals surface area contributed by atoms with Crippen LogP contribution in [0.2, 0.25) is 0 Å². The first kappa shape index (κ1) is 11.3. The summed E-state index contributed by atoms with van der Waals surface area (Å²) in [6.45, 7) is 0.616. The molecule has 5 nitrogen and oxygen atoms in total. The largest absolute Gasteiger partial charge is 0.481 e. The summed E-state index contributed by atoms with van der Waals surface area (Å²) < 4.78 is 5.03. The molecule has 0 fully saturated rings. The van der Waals surface area contributed by atoms with Gasteiger partial charge >= 0.3 is 0 Å². The van der Waals surface area contributed by atoms with E-state index in [1.165, 1.54) is 0 Å². The molecule has 0 spiro atoms. The molecule has 0 bridgehead atoms. The number of rotatable bonds is 3. The Kier molecular flexibility index (Phi) is 4.40. The summed E-state index contributed by atoms with van der Waals surface area (Å²) in [6, 6.07) is 5.65. The van der Waals surface area contributed by atoms with Gasteiger partial charge in [0.1, 0.15) is 0 Å². The lowest BCUT2D eigenvalue weighted by molar-refractivity contribution is 0.396. The first-order valence-corrected chi connectivity index (χ1v) is 4.68. The number of nitrogens with zero attached hydrogens (tertiary/aromatic N) is 2. The third kappa shape index (κ3) is 3.46. The molecule has 0 unspecified atom stereocenters. The Morgan fingerprint density at radius 3 is 2.93 bits per heavy atom. The van der Waals surface area contributed by atoms with Gasteiger partial charge in [-0.1, -0.05) is 6.07 Å². The highest BCUT2D eigenvalue weighted by molar-refractivity contribution is 5.79. The molecule has 0 aliphatic carbocycles. The number of aliphatic imine (C=N–C) groups is 1. The minimum absolute atomic E-state index is 0.616. The number of pyridine rings is 1. The van der Waals surface area contributed by atoms with Gasteiger partial charge in [0, 0.05) is 20.2 Å². The summed E-state index contributed by atoms with van der Waals surface area (Å²) >= 11 is 0. The van der Waals surface area contributed by atoms with Gasteiger partial charge in [0.15, 0.2) is 5.96 Å². The first-order valence-electron chi connectivity index (χ1n) is 4.68. The van der Waals surface area contributed by atoms with Crippen molar-refractivity contribution < 1.29 is 4.74 Å². The van der Waals surface area contributed by atoms with Gasteiger partial charge in [-0.05, 0) is 6.07 Å². The van der Waals surface area contributed by atoms with Crippen LogP contribution in [0.1, 0.15) is 5.69 Å². The molecule has 1 rings (SSSR count). The Hall–Kier alpha value is -1.78.